The molecule has 0 bridgehead atoms. The van der Waals surface area contributed by atoms with E-state index in [1.807, 2.05) is 48.5 Å². The smallest absolute Gasteiger partial charge is 0.244 e. The number of anilines is 1. The van der Waals surface area contributed by atoms with Crippen LogP contribution in [-0.4, -0.2) is 17.5 Å². The Kier molecular flexibility index (Phi) is 5.63. The van der Waals surface area contributed by atoms with Crippen molar-refractivity contribution >= 4 is 23.2 Å². The summed E-state index contributed by atoms with van der Waals surface area (Å²) in [6.07, 6.45) is 0.281. The third kappa shape index (κ3) is 5.39. The summed E-state index contributed by atoms with van der Waals surface area (Å²) >= 11 is 0. The lowest BCUT2D eigenvalue weighted by Gasteiger charge is -2.06. The molecule has 2 aromatic carbocycles. The van der Waals surface area contributed by atoms with Crippen molar-refractivity contribution in [2.24, 2.45) is 5.10 Å². The zero-order valence-electron chi connectivity index (χ0n) is 13.2. The van der Waals surface area contributed by atoms with Crippen molar-refractivity contribution in [1.82, 2.24) is 5.43 Å². The molecule has 0 fully saturated rings. The van der Waals surface area contributed by atoms with E-state index in [0.717, 1.165) is 11.1 Å². The summed E-state index contributed by atoms with van der Waals surface area (Å²) in [5.74, 6) is -0.304. The van der Waals surface area contributed by atoms with E-state index in [1.165, 1.54) is 6.92 Å². The van der Waals surface area contributed by atoms with Gasteiger partial charge < -0.3 is 5.32 Å². The van der Waals surface area contributed by atoms with Crippen LogP contribution in [0.25, 0.3) is 0 Å². The first-order valence-corrected chi connectivity index (χ1v) is 7.29. The molecular weight excluding hydrogens is 290 g/mol. The summed E-state index contributed by atoms with van der Waals surface area (Å²) in [5, 5.41) is 6.83. The quantitative estimate of drug-likeness (QED) is 0.658. The Bertz CT molecular complexity index is 724. The van der Waals surface area contributed by atoms with Crippen molar-refractivity contribution in [3.8, 4) is 0 Å². The Hall–Kier alpha value is -2.95. The first kappa shape index (κ1) is 16.4. The largest absolute Gasteiger partial charge is 0.326 e. The minimum Gasteiger partial charge on any atom is -0.326 e. The predicted octanol–water partition coefficient (Wildman–Crippen LogP) is 2.73. The van der Waals surface area contributed by atoms with Gasteiger partial charge >= 0.3 is 0 Å². The first-order valence-electron chi connectivity index (χ1n) is 7.29. The number of amides is 2. The van der Waals surface area contributed by atoms with Crippen LogP contribution in [0.3, 0.4) is 0 Å². The zero-order chi connectivity index (χ0) is 16.7. The number of rotatable bonds is 5. The molecule has 0 unspecified atom stereocenters. The zero-order valence-corrected chi connectivity index (χ0v) is 13.2. The highest BCUT2D eigenvalue weighted by Gasteiger charge is 2.04. The molecule has 0 spiro atoms. The first-order chi connectivity index (χ1) is 11.0. The average molecular weight is 309 g/mol. The number of benzene rings is 2. The van der Waals surface area contributed by atoms with Gasteiger partial charge in [0, 0.05) is 12.6 Å². The molecular formula is C18H19N3O2. The lowest BCUT2D eigenvalue weighted by molar-refractivity contribution is -0.120. The van der Waals surface area contributed by atoms with Gasteiger partial charge in [-0.05, 0) is 30.2 Å². The van der Waals surface area contributed by atoms with Crippen LogP contribution in [-0.2, 0) is 16.0 Å². The number of hydrogen-bond donors (Lipinski definition) is 2. The number of nitrogens with one attached hydrogen (secondary N) is 2. The van der Waals surface area contributed by atoms with Gasteiger partial charge in [-0.2, -0.15) is 5.10 Å². The van der Waals surface area contributed by atoms with Gasteiger partial charge in [-0.15, -0.1) is 0 Å². The SMILES string of the molecule is CC(=O)Nc1cccc(/C(C)=N\NC(=O)Cc2ccccc2)c1. The average Bonchev–Trinajstić information content (AvgIpc) is 2.53. The number of nitrogens with zero attached hydrogens (tertiary/aromatic N) is 1. The van der Waals surface area contributed by atoms with Crippen LogP contribution in [0.5, 0.6) is 0 Å². The summed E-state index contributed by atoms with van der Waals surface area (Å²) in [4.78, 5) is 23.0. The standard InChI is InChI=1S/C18H19N3O2/c1-13(16-9-6-10-17(12-16)19-14(2)22)20-21-18(23)11-15-7-4-3-5-8-15/h3-10,12H,11H2,1-2H3,(H,19,22)(H,21,23)/b20-13-. The third-order valence-corrected chi connectivity index (χ3v) is 3.16. The number of hydrogen-bond acceptors (Lipinski definition) is 3. The summed E-state index contributed by atoms with van der Waals surface area (Å²) in [6.45, 7) is 3.26. The van der Waals surface area contributed by atoms with E-state index in [0.29, 0.717) is 11.4 Å². The van der Waals surface area contributed by atoms with Crippen molar-refractivity contribution in [3.05, 3.63) is 65.7 Å². The highest BCUT2D eigenvalue weighted by atomic mass is 16.2. The van der Waals surface area contributed by atoms with Gasteiger partial charge in [0.05, 0.1) is 12.1 Å². The van der Waals surface area contributed by atoms with Gasteiger partial charge in [-0.3, -0.25) is 9.59 Å². The number of hydrazone groups is 1. The topological polar surface area (TPSA) is 70.6 Å². The Labute approximate surface area is 135 Å². The molecule has 2 rings (SSSR count). The van der Waals surface area contributed by atoms with Crippen LogP contribution in [0.15, 0.2) is 59.7 Å². The molecule has 0 atom stereocenters. The van der Waals surface area contributed by atoms with Crippen LogP contribution < -0.4 is 10.7 Å². The van der Waals surface area contributed by atoms with E-state index in [-0.39, 0.29) is 18.2 Å². The second-order valence-corrected chi connectivity index (χ2v) is 5.16. The molecule has 2 aromatic rings. The van der Waals surface area contributed by atoms with Gasteiger partial charge in [0.2, 0.25) is 11.8 Å². The Morgan fingerprint density at radius 3 is 2.43 bits per heavy atom. The van der Waals surface area contributed by atoms with Crippen LogP contribution >= 0.6 is 0 Å². The maximum atomic E-state index is 11.9. The molecule has 2 amide bonds. The van der Waals surface area contributed by atoms with Crippen LogP contribution in [0, 0.1) is 0 Å². The van der Waals surface area contributed by atoms with E-state index in [1.54, 1.807) is 13.0 Å². The molecule has 0 aliphatic carbocycles. The Balaban J connectivity index is 1.99. The lowest BCUT2D eigenvalue weighted by Crippen LogP contribution is -2.21. The fourth-order valence-corrected chi connectivity index (χ4v) is 2.06. The van der Waals surface area contributed by atoms with Gasteiger partial charge in [-0.1, -0.05) is 42.5 Å². The molecule has 0 radical (unpaired) electrons. The van der Waals surface area contributed by atoms with Gasteiger partial charge in [0.25, 0.3) is 0 Å². The van der Waals surface area contributed by atoms with Crippen LogP contribution in [0.2, 0.25) is 0 Å². The molecule has 0 heterocycles. The fourth-order valence-electron chi connectivity index (χ4n) is 2.06. The maximum absolute atomic E-state index is 11.9. The summed E-state index contributed by atoms with van der Waals surface area (Å²) < 4.78 is 0. The van der Waals surface area contributed by atoms with E-state index >= 15 is 0 Å². The van der Waals surface area contributed by atoms with Crippen molar-refractivity contribution < 1.29 is 9.59 Å². The summed E-state index contributed by atoms with van der Waals surface area (Å²) in [6, 6.07) is 16.8. The highest BCUT2D eigenvalue weighted by molar-refractivity contribution is 6.00. The van der Waals surface area contributed by atoms with Crippen molar-refractivity contribution in [2.45, 2.75) is 20.3 Å². The van der Waals surface area contributed by atoms with Crippen molar-refractivity contribution in [1.29, 1.82) is 0 Å². The van der Waals surface area contributed by atoms with E-state index in [2.05, 4.69) is 15.8 Å². The Morgan fingerprint density at radius 2 is 1.74 bits per heavy atom. The minimum absolute atomic E-state index is 0.132. The number of carbonyl (C=O) groups excluding carboxylic acids is 2. The fraction of sp³-hybridized carbons (Fsp3) is 0.167. The minimum atomic E-state index is -0.173. The molecule has 5 heteroatoms. The molecule has 0 aliphatic rings. The molecule has 0 aliphatic heterocycles. The van der Waals surface area contributed by atoms with Gasteiger partial charge in [0.15, 0.2) is 0 Å². The second-order valence-electron chi connectivity index (χ2n) is 5.16. The third-order valence-electron chi connectivity index (χ3n) is 3.16. The van der Waals surface area contributed by atoms with E-state index in [9.17, 15) is 9.59 Å². The molecule has 2 N–H and O–H groups in total. The van der Waals surface area contributed by atoms with E-state index < -0.39 is 0 Å². The molecule has 0 saturated heterocycles. The molecule has 118 valence electrons. The molecule has 0 aromatic heterocycles. The van der Waals surface area contributed by atoms with Crippen molar-refractivity contribution in [2.75, 3.05) is 5.32 Å². The van der Waals surface area contributed by atoms with Crippen LogP contribution in [0.4, 0.5) is 5.69 Å². The van der Waals surface area contributed by atoms with Gasteiger partial charge in [-0.25, -0.2) is 5.43 Å². The molecule has 0 saturated carbocycles. The summed E-state index contributed by atoms with van der Waals surface area (Å²) in [7, 11) is 0. The van der Waals surface area contributed by atoms with Crippen LogP contribution in [0.1, 0.15) is 25.0 Å². The van der Waals surface area contributed by atoms with Gasteiger partial charge in [0.1, 0.15) is 0 Å². The Morgan fingerprint density at radius 1 is 1.00 bits per heavy atom. The number of carbonyl (C=O) groups is 2. The predicted molar refractivity (Wildman–Crippen MR) is 91.2 cm³/mol. The monoisotopic (exact) mass is 309 g/mol. The van der Waals surface area contributed by atoms with Crippen molar-refractivity contribution in [3.63, 3.8) is 0 Å². The maximum Gasteiger partial charge on any atom is 0.244 e. The highest BCUT2D eigenvalue weighted by Crippen LogP contribution is 2.11. The summed E-state index contributed by atoms with van der Waals surface area (Å²) in [5.41, 5.74) is 5.68. The normalized spacial score (nSPS) is 11.0. The second kappa shape index (κ2) is 7.89. The molecule has 23 heavy (non-hydrogen) atoms. The lowest BCUT2D eigenvalue weighted by atomic mass is 10.1. The molecule has 5 nitrogen and oxygen atoms in total. The van der Waals surface area contributed by atoms with E-state index in [4.69, 9.17) is 0 Å².